The fourth-order valence-corrected chi connectivity index (χ4v) is 2.49. The maximum atomic E-state index is 14.2. The Morgan fingerprint density at radius 2 is 2.00 bits per heavy atom. The lowest BCUT2D eigenvalue weighted by Crippen LogP contribution is -2.50. The molecule has 1 saturated carbocycles. The van der Waals surface area contributed by atoms with Crippen molar-refractivity contribution in [1.82, 2.24) is 25.6 Å². The minimum atomic E-state index is -4.57. The fourth-order valence-electron chi connectivity index (χ4n) is 2.49. The fraction of sp³-hybridized carbons (Fsp3) is 0.444. The molecule has 0 aliphatic heterocycles. The van der Waals surface area contributed by atoms with E-state index >= 15 is 0 Å². The highest BCUT2D eigenvalue weighted by molar-refractivity contribution is 5.94. The lowest BCUT2D eigenvalue weighted by molar-refractivity contribution is -0.140. The molecule has 1 fully saturated rings. The molecule has 1 aliphatic rings. The van der Waals surface area contributed by atoms with Gasteiger partial charge in [-0.2, -0.15) is 13.2 Å². The van der Waals surface area contributed by atoms with Crippen molar-refractivity contribution in [2.75, 3.05) is 11.9 Å². The van der Waals surface area contributed by atoms with Crippen LogP contribution in [0.4, 0.5) is 23.4 Å². The predicted molar refractivity (Wildman–Crippen MR) is 107 cm³/mol. The van der Waals surface area contributed by atoms with Gasteiger partial charge in [0.2, 0.25) is 5.91 Å². The molecule has 0 bridgehead atoms. The number of hydrogen-bond donors (Lipinski definition) is 4. The van der Waals surface area contributed by atoms with E-state index in [0.717, 1.165) is 19.0 Å². The lowest BCUT2D eigenvalue weighted by atomic mass is 10.0. The normalized spacial score (nSPS) is 14.3. The second kappa shape index (κ2) is 7.92. The van der Waals surface area contributed by atoms with Crippen LogP contribution in [0.5, 0.6) is 0 Å². The number of rotatable bonds is 7. The number of nitrogens with one attached hydrogen (secondary N) is 4. The van der Waals surface area contributed by atoms with Gasteiger partial charge in [-0.05, 0) is 32.8 Å². The molecule has 1 aliphatic carbocycles. The van der Waals surface area contributed by atoms with E-state index in [1.165, 1.54) is 26.1 Å². The summed E-state index contributed by atoms with van der Waals surface area (Å²) in [6.45, 7) is 1.07. The van der Waals surface area contributed by atoms with Crippen molar-refractivity contribution < 1.29 is 32.9 Å². The zero-order valence-electron chi connectivity index (χ0n) is 16.2. The van der Waals surface area contributed by atoms with Crippen LogP contribution in [0, 0.1) is 5.82 Å². The van der Waals surface area contributed by atoms with Crippen molar-refractivity contribution in [3.05, 3.63) is 30.0 Å². The monoisotopic (exact) mass is 436 g/mol. The summed E-state index contributed by atoms with van der Waals surface area (Å²) in [6.07, 6.45) is -0.369. The minimum absolute atomic E-state index is 0. The van der Waals surface area contributed by atoms with Crippen LogP contribution < -0.4 is 16.0 Å². The number of amides is 2. The molecule has 2 amide bonds. The van der Waals surface area contributed by atoms with E-state index in [0.29, 0.717) is 5.56 Å². The zero-order valence-corrected chi connectivity index (χ0v) is 16.2. The number of aromatic amines is 1. The molecule has 2 aromatic rings. The topological polar surface area (TPSA) is 112 Å². The van der Waals surface area contributed by atoms with Crippen LogP contribution in [-0.4, -0.2) is 51.1 Å². The number of carbonyl (C=O) groups is 2. The summed E-state index contributed by atoms with van der Waals surface area (Å²) < 4.78 is 51.1. The van der Waals surface area contributed by atoms with Gasteiger partial charge in [0.1, 0.15) is 17.8 Å². The highest BCUT2D eigenvalue weighted by atomic mass is 19.4. The van der Waals surface area contributed by atoms with E-state index < -0.39 is 30.0 Å². The maximum absolute atomic E-state index is 14.2. The van der Waals surface area contributed by atoms with E-state index in [1.807, 2.05) is 0 Å². The number of carbonyl (C=O) groups excluding carboxylic acids is 2. The maximum Gasteiger partial charge on any atom is 0.405 e. The van der Waals surface area contributed by atoms with Crippen LogP contribution >= 0.6 is 0 Å². The number of aromatic nitrogens is 3. The molecular formula is C18H28F4N6O2. The molecule has 3 rings (SSSR count). The Labute approximate surface area is 174 Å². The Kier molecular flexibility index (Phi) is 5.68. The van der Waals surface area contributed by atoms with Gasteiger partial charge < -0.3 is 20.9 Å². The summed E-state index contributed by atoms with van der Waals surface area (Å²) in [6, 6.07) is 1.67. The molecule has 0 aromatic carbocycles. The number of halogens is 4. The first kappa shape index (κ1) is 21.5. The molecule has 2 heterocycles. The molecule has 170 valence electrons. The van der Waals surface area contributed by atoms with Gasteiger partial charge in [0.25, 0.3) is 5.91 Å². The van der Waals surface area contributed by atoms with Crippen LogP contribution in [0.2, 0.25) is 0 Å². The summed E-state index contributed by atoms with van der Waals surface area (Å²) in [5.74, 6) is -2.46. The molecular weight excluding hydrogens is 408 g/mol. The SMILES string of the molecule is CC(C)(Nc1nc(-c2c[nH]c(C(=O)NC3CC3)c2)ncc1F)C(=O)NCC(F)(F)F.[HH].[HH].[HH].[HH]. The standard InChI is InChI=1S/C18H20F4N6O2.4H2/c1-17(2,16(30)25-8-18(20,21)22)28-14-11(19)7-24-13(27-14)9-5-12(23-6-9)15(29)26-10-3-4-10;;;;/h5-7,10,23H,3-4,8H2,1-2H3,(H,25,30)(H,26,29)(H,24,27,28);4*1H. The number of hydrogen-bond acceptors (Lipinski definition) is 5. The van der Waals surface area contributed by atoms with Gasteiger partial charge in [0.15, 0.2) is 17.5 Å². The predicted octanol–water partition coefficient (Wildman–Crippen LogP) is 3.36. The van der Waals surface area contributed by atoms with Crippen LogP contribution in [0.15, 0.2) is 18.5 Å². The summed E-state index contributed by atoms with van der Waals surface area (Å²) in [4.78, 5) is 34.8. The minimum Gasteiger partial charge on any atom is -0.356 e. The lowest BCUT2D eigenvalue weighted by Gasteiger charge is -2.26. The molecule has 2 aromatic heterocycles. The Hall–Kier alpha value is -3.18. The summed E-state index contributed by atoms with van der Waals surface area (Å²) in [7, 11) is 0. The Balaban J connectivity index is 0. The Bertz CT molecular complexity index is 970. The van der Waals surface area contributed by atoms with E-state index in [9.17, 15) is 27.2 Å². The summed E-state index contributed by atoms with van der Waals surface area (Å²) in [5.41, 5.74) is -0.907. The Morgan fingerprint density at radius 1 is 1.30 bits per heavy atom. The van der Waals surface area contributed by atoms with Gasteiger partial charge >= 0.3 is 6.18 Å². The quantitative estimate of drug-likeness (QED) is 0.498. The second-order valence-corrected chi connectivity index (χ2v) is 7.49. The molecule has 0 radical (unpaired) electrons. The van der Waals surface area contributed by atoms with Gasteiger partial charge in [0.05, 0.1) is 6.20 Å². The van der Waals surface area contributed by atoms with Crippen molar-refractivity contribution in [1.29, 1.82) is 0 Å². The Morgan fingerprint density at radius 3 is 2.63 bits per heavy atom. The largest absolute Gasteiger partial charge is 0.405 e. The average molecular weight is 436 g/mol. The van der Waals surface area contributed by atoms with Crippen LogP contribution in [0.3, 0.4) is 0 Å². The van der Waals surface area contributed by atoms with Crippen molar-refractivity contribution in [3.8, 4) is 11.4 Å². The van der Waals surface area contributed by atoms with Crippen LogP contribution in [-0.2, 0) is 4.79 Å². The molecule has 12 heteroatoms. The van der Waals surface area contributed by atoms with Gasteiger partial charge in [-0.25, -0.2) is 14.4 Å². The highest BCUT2D eigenvalue weighted by Gasteiger charge is 2.34. The molecule has 0 saturated heterocycles. The number of nitrogens with zero attached hydrogens (tertiary/aromatic N) is 2. The first-order valence-corrected chi connectivity index (χ1v) is 9.10. The third-order valence-corrected chi connectivity index (χ3v) is 4.29. The third kappa shape index (κ3) is 5.45. The smallest absolute Gasteiger partial charge is 0.356 e. The van der Waals surface area contributed by atoms with Crippen molar-refractivity contribution in [2.24, 2.45) is 0 Å². The first-order chi connectivity index (χ1) is 13.9. The molecule has 4 N–H and O–H groups in total. The third-order valence-electron chi connectivity index (χ3n) is 4.29. The molecule has 0 unspecified atom stereocenters. The molecule has 8 nitrogen and oxygen atoms in total. The first-order valence-electron chi connectivity index (χ1n) is 9.10. The van der Waals surface area contributed by atoms with E-state index in [-0.39, 0.29) is 35.0 Å². The van der Waals surface area contributed by atoms with Gasteiger partial charge in [0, 0.05) is 23.5 Å². The molecule has 30 heavy (non-hydrogen) atoms. The summed E-state index contributed by atoms with van der Waals surface area (Å²) >= 11 is 0. The van der Waals surface area contributed by atoms with Gasteiger partial charge in [-0.1, -0.05) is 0 Å². The van der Waals surface area contributed by atoms with E-state index in [1.54, 1.807) is 5.32 Å². The van der Waals surface area contributed by atoms with Gasteiger partial charge in [-0.3, -0.25) is 9.59 Å². The highest BCUT2D eigenvalue weighted by Crippen LogP contribution is 2.23. The van der Waals surface area contributed by atoms with Crippen molar-refractivity contribution in [2.45, 2.75) is 44.4 Å². The van der Waals surface area contributed by atoms with E-state index in [4.69, 9.17) is 0 Å². The second-order valence-electron chi connectivity index (χ2n) is 7.49. The molecule has 0 spiro atoms. The zero-order chi connectivity index (χ0) is 22.1. The number of alkyl halides is 3. The van der Waals surface area contributed by atoms with Crippen LogP contribution in [0.1, 0.15) is 42.9 Å². The van der Waals surface area contributed by atoms with Gasteiger partial charge in [-0.15, -0.1) is 0 Å². The average Bonchev–Trinajstić information content (AvgIpc) is 3.32. The van der Waals surface area contributed by atoms with E-state index in [2.05, 4.69) is 25.6 Å². The number of H-pyrrole nitrogens is 1. The number of anilines is 1. The van der Waals surface area contributed by atoms with Crippen LogP contribution in [0.25, 0.3) is 11.4 Å². The van der Waals surface area contributed by atoms with Crippen molar-refractivity contribution in [3.63, 3.8) is 0 Å². The molecule has 0 atom stereocenters. The van der Waals surface area contributed by atoms with Crippen molar-refractivity contribution >= 4 is 17.6 Å². The summed E-state index contributed by atoms with van der Waals surface area (Å²) in [5, 5.41) is 7.06.